The van der Waals surface area contributed by atoms with Crippen LogP contribution in [0.25, 0.3) is 11.1 Å². The van der Waals surface area contributed by atoms with E-state index in [9.17, 15) is 5.11 Å². The Balaban J connectivity index is 2.29. The minimum Gasteiger partial charge on any atom is -0.444 e. The number of nitrogens with zero attached hydrogens (tertiary/aromatic N) is 3. The van der Waals surface area contributed by atoms with E-state index in [1.807, 2.05) is 56.3 Å². The first kappa shape index (κ1) is 22.3. The Morgan fingerprint density at radius 1 is 1.38 bits per heavy atom. The van der Waals surface area contributed by atoms with Crippen LogP contribution in [0.3, 0.4) is 0 Å². The summed E-state index contributed by atoms with van der Waals surface area (Å²) in [4.78, 5) is 10.2. The monoisotopic (exact) mass is 394 g/mol. The second-order valence-corrected chi connectivity index (χ2v) is 6.71. The zero-order chi connectivity index (χ0) is 21.4. The summed E-state index contributed by atoms with van der Waals surface area (Å²) in [6.45, 7) is 11.2. The molecule has 0 aliphatic carbocycles. The van der Waals surface area contributed by atoms with Crippen molar-refractivity contribution < 1.29 is 9.52 Å². The van der Waals surface area contributed by atoms with Crippen molar-refractivity contribution >= 4 is 17.0 Å². The van der Waals surface area contributed by atoms with E-state index in [4.69, 9.17) is 4.42 Å². The van der Waals surface area contributed by atoms with Crippen LogP contribution in [0.4, 0.5) is 0 Å². The zero-order valence-corrected chi connectivity index (χ0v) is 17.6. The lowest BCUT2D eigenvalue weighted by Gasteiger charge is -2.26. The first-order valence-electron chi connectivity index (χ1n) is 9.47. The van der Waals surface area contributed by atoms with Gasteiger partial charge in [0.1, 0.15) is 5.84 Å². The lowest BCUT2D eigenvalue weighted by molar-refractivity contribution is 0.151. The third-order valence-electron chi connectivity index (χ3n) is 4.68. The summed E-state index contributed by atoms with van der Waals surface area (Å²) in [7, 11) is 5.49. The van der Waals surface area contributed by atoms with Crippen LogP contribution in [0.2, 0.25) is 0 Å². The second-order valence-electron chi connectivity index (χ2n) is 6.71. The van der Waals surface area contributed by atoms with E-state index in [2.05, 4.69) is 28.5 Å². The van der Waals surface area contributed by atoms with Gasteiger partial charge in [0.2, 0.25) is 0 Å². The molecule has 2 aromatic rings. The van der Waals surface area contributed by atoms with Crippen molar-refractivity contribution in [3.63, 3.8) is 0 Å². The van der Waals surface area contributed by atoms with Crippen LogP contribution in [-0.4, -0.2) is 55.1 Å². The minimum atomic E-state index is -0.729. The Morgan fingerprint density at radius 3 is 2.69 bits per heavy atom. The van der Waals surface area contributed by atoms with Crippen LogP contribution in [-0.2, 0) is 0 Å². The summed E-state index contributed by atoms with van der Waals surface area (Å²) < 4.78 is 5.41. The van der Waals surface area contributed by atoms with Crippen LogP contribution in [0, 0.1) is 0 Å². The third kappa shape index (κ3) is 5.31. The number of oxazole rings is 1. The molecule has 0 amide bonds. The summed E-state index contributed by atoms with van der Waals surface area (Å²) in [6, 6.07) is 7.77. The van der Waals surface area contributed by atoms with Gasteiger partial charge >= 0.3 is 0 Å². The Labute approximate surface area is 173 Å². The van der Waals surface area contributed by atoms with Gasteiger partial charge in [-0.3, -0.25) is 4.99 Å². The molecule has 0 saturated heterocycles. The predicted molar refractivity (Wildman–Crippen MR) is 120 cm³/mol. The smallest absolute Gasteiger partial charge is 0.181 e. The van der Waals surface area contributed by atoms with E-state index < -0.39 is 6.10 Å². The zero-order valence-electron chi connectivity index (χ0n) is 17.6. The standard InChI is InChI=1S/C23H30N4O2/c1-7-18(17(3)22-13-26-15-29-22)19-10-8-9-11-20(19)21(28)14-27(6)23(25-5)16(2)12-24-4/h7-11,13,15,21,24,28H,2-3,12,14H2,1,4-6H3/b18-7+,25-23?. The van der Waals surface area contributed by atoms with E-state index >= 15 is 0 Å². The van der Waals surface area contributed by atoms with Crippen molar-refractivity contribution in [3.8, 4) is 0 Å². The maximum Gasteiger partial charge on any atom is 0.181 e. The molecule has 1 aromatic carbocycles. The third-order valence-corrected chi connectivity index (χ3v) is 4.68. The van der Waals surface area contributed by atoms with Crippen LogP contribution >= 0.6 is 0 Å². The molecule has 1 aromatic heterocycles. The number of allylic oxidation sites excluding steroid dienone is 3. The Morgan fingerprint density at radius 2 is 2.10 bits per heavy atom. The number of hydrogen-bond acceptors (Lipinski definition) is 5. The summed E-state index contributed by atoms with van der Waals surface area (Å²) in [5.74, 6) is 1.36. The fourth-order valence-corrected chi connectivity index (χ4v) is 3.36. The summed E-state index contributed by atoms with van der Waals surface area (Å²) in [5.41, 5.74) is 4.19. The molecule has 6 heteroatoms. The van der Waals surface area contributed by atoms with Crippen molar-refractivity contribution in [1.82, 2.24) is 15.2 Å². The molecule has 0 saturated carbocycles. The molecule has 2 rings (SSSR count). The minimum absolute atomic E-state index is 0.373. The van der Waals surface area contributed by atoms with E-state index in [1.165, 1.54) is 6.39 Å². The van der Waals surface area contributed by atoms with Crippen molar-refractivity contribution in [2.24, 2.45) is 4.99 Å². The fraction of sp³-hybridized carbons (Fsp3) is 0.304. The lowest BCUT2D eigenvalue weighted by Crippen LogP contribution is -2.34. The van der Waals surface area contributed by atoms with Gasteiger partial charge in [-0.1, -0.05) is 43.5 Å². The number of amidine groups is 1. The number of rotatable bonds is 9. The molecule has 29 heavy (non-hydrogen) atoms. The molecule has 6 nitrogen and oxygen atoms in total. The Kier molecular flexibility index (Phi) is 8.12. The molecule has 1 unspecified atom stereocenters. The number of aliphatic hydroxyl groups excluding tert-OH is 1. The largest absolute Gasteiger partial charge is 0.444 e. The van der Waals surface area contributed by atoms with Gasteiger partial charge in [0, 0.05) is 38.3 Å². The molecule has 2 N–H and O–H groups in total. The number of nitrogens with one attached hydrogen (secondary N) is 1. The van der Waals surface area contributed by atoms with Crippen molar-refractivity contribution in [2.45, 2.75) is 13.0 Å². The number of aliphatic hydroxyl groups is 1. The normalized spacial score (nSPS) is 13.3. The van der Waals surface area contributed by atoms with Crippen molar-refractivity contribution in [2.75, 3.05) is 34.2 Å². The van der Waals surface area contributed by atoms with Gasteiger partial charge in [-0.05, 0) is 30.7 Å². The van der Waals surface area contributed by atoms with Gasteiger partial charge in [0.15, 0.2) is 12.2 Å². The number of aromatic nitrogens is 1. The van der Waals surface area contributed by atoms with Crippen molar-refractivity contribution in [3.05, 3.63) is 78.6 Å². The molecule has 1 atom stereocenters. The van der Waals surface area contributed by atoms with E-state index in [0.717, 1.165) is 33.7 Å². The first-order chi connectivity index (χ1) is 13.9. The van der Waals surface area contributed by atoms with Crippen LogP contribution in [0.15, 0.2) is 71.1 Å². The molecule has 0 aliphatic rings. The van der Waals surface area contributed by atoms with E-state index in [0.29, 0.717) is 18.8 Å². The Bertz CT molecular complexity index is 897. The molecule has 0 aliphatic heterocycles. The highest BCUT2D eigenvalue weighted by atomic mass is 16.3. The summed E-state index contributed by atoms with van der Waals surface area (Å²) in [5, 5.41) is 14.1. The molecular weight excluding hydrogens is 364 g/mol. The maximum absolute atomic E-state index is 11.0. The predicted octanol–water partition coefficient (Wildman–Crippen LogP) is 3.56. The number of hydrogen-bond donors (Lipinski definition) is 2. The highest BCUT2D eigenvalue weighted by molar-refractivity contribution is 6.03. The average molecular weight is 395 g/mol. The quantitative estimate of drug-likeness (QED) is 0.386. The van der Waals surface area contributed by atoms with Crippen LogP contribution < -0.4 is 5.32 Å². The molecule has 0 radical (unpaired) electrons. The lowest BCUT2D eigenvalue weighted by atomic mass is 9.91. The fourth-order valence-electron chi connectivity index (χ4n) is 3.36. The molecular formula is C23H30N4O2. The molecule has 154 valence electrons. The highest BCUT2D eigenvalue weighted by Gasteiger charge is 2.20. The number of likely N-dealkylation sites (N-methyl/N-ethyl adjacent to an activating group) is 2. The SMILES string of the molecule is C=C(CNC)C(=NC)N(C)CC(O)c1ccccc1/C(=C/C)C(=C)c1cnco1. The molecule has 0 spiro atoms. The Hall–Kier alpha value is -2.96. The second kappa shape index (κ2) is 10.5. The van der Waals surface area contributed by atoms with Gasteiger partial charge in [0.25, 0.3) is 0 Å². The van der Waals surface area contributed by atoms with E-state index in [-0.39, 0.29) is 0 Å². The van der Waals surface area contributed by atoms with Gasteiger partial charge in [-0.15, -0.1) is 0 Å². The number of aliphatic imine (C=N–C) groups is 1. The molecule has 0 fully saturated rings. The highest BCUT2D eigenvalue weighted by Crippen LogP contribution is 2.34. The van der Waals surface area contributed by atoms with Crippen LogP contribution in [0.5, 0.6) is 0 Å². The topological polar surface area (TPSA) is 73.9 Å². The average Bonchev–Trinajstić information content (AvgIpc) is 3.24. The maximum atomic E-state index is 11.0. The van der Waals surface area contributed by atoms with Gasteiger partial charge in [0.05, 0.1) is 12.3 Å². The molecule has 0 bridgehead atoms. The first-order valence-corrected chi connectivity index (χ1v) is 9.47. The van der Waals surface area contributed by atoms with E-state index in [1.54, 1.807) is 13.2 Å². The van der Waals surface area contributed by atoms with Gasteiger partial charge in [-0.25, -0.2) is 4.98 Å². The van der Waals surface area contributed by atoms with Gasteiger partial charge < -0.3 is 19.7 Å². The number of benzene rings is 1. The van der Waals surface area contributed by atoms with Crippen LogP contribution in [0.1, 0.15) is 29.9 Å². The van der Waals surface area contributed by atoms with Gasteiger partial charge in [-0.2, -0.15) is 0 Å². The summed E-state index contributed by atoms with van der Waals surface area (Å²) >= 11 is 0. The van der Waals surface area contributed by atoms with Crippen molar-refractivity contribution in [1.29, 1.82) is 0 Å². The summed E-state index contributed by atoms with van der Waals surface area (Å²) in [6.07, 6.45) is 4.25. The molecule has 1 heterocycles.